The molecule has 0 aliphatic carbocycles. The first-order valence-corrected chi connectivity index (χ1v) is 6.36. The van der Waals surface area contributed by atoms with E-state index in [1.54, 1.807) is 7.05 Å². The second-order valence-corrected chi connectivity index (χ2v) is 4.28. The van der Waals surface area contributed by atoms with Crippen LogP contribution in [0.15, 0.2) is 24.8 Å². The maximum Gasteiger partial charge on any atom is 0.314 e. The maximum absolute atomic E-state index is 11.3. The zero-order valence-electron chi connectivity index (χ0n) is 11.3. The van der Waals surface area contributed by atoms with Crippen molar-refractivity contribution in [3.05, 3.63) is 24.8 Å². The Morgan fingerprint density at radius 1 is 1.35 bits per heavy atom. The Labute approximate surface area is 105 Å². The molecular weight excluding hydrogens is 212 g/mol. The lowest BCUT2D eigenvalue weighted by Crippen LogP contribution is -2.42. The highest BCUT2D eigenvalue weighted by molar-refractivity contribution is 5.73. The van der Waals surface area contributed by atoms with Gasteiger partial charge in [-0.15, -0.1) is 6.58 Å². The molecule has 2 N–H and O–H groups in total. The molecule has 0 saturated heterocycles. The van der Waals surface area contributed by atoms with Crippen LogP contribution in [-0.2, 0) is 0 Å². The van der Waals surface area contributed by atoms with Crippen LogP contribution in [0.5, 0.6) is 0 Å². The molecule has 0 aromatic carbocycles. The van der Waals surface area contributed by atoms with Crippen LogP contribution in [-0.4, -0.2) is 19.1 Å². The molecule has 2 amide bonds. The summed E-state index contributed by atoms with van der Waals surface area (Å²) in [5.41, 5.74) is 0. The minimum atomic E-state index is -0.105. The SMILES string of the molecule is C=CCCC(CC/C=C\C)C(C)NC(=O)NC. The van der Waals surface area contributed by atoms with Crippen LogP contribution in [0.3, 0.4) is 0 Å². The molecule has 0 aliphatic rings. The van der Waals surface area contributed by atoms with E-state index >= 15 is 0 Å². The molecule has 2 unspecified atom stereocenters. The fourth-order valence-electron chi connectivity index (χ4n) is 1.85. The summed E-state index contributed by atoms with van der Waals surface area (Å²) < 4.78 is 0. The Kier molecular flexibility index (Phi) is 9.21. The first kappa shape index (κ1) is 15.8. The van der Waals surface area contributed by atoms with Gasteiger partial charge in [0.25, 0.3) is 0 Å². The minimum absolute atomic E-state index is 0.105. The van der Waals surface area contributed by atoms with Crippen LogP contribution < -0.4 is 10.6 Å². The van der Waals surface area contributed by atoms with Crippen LogP contribution in [0, 0.1) is 5.92 Å². The lowest BCUT2D eigenvalue weighted by Gasteiger charge is -2.24. The Hall–Kier alpha value is -1.25. The van der Waals surface area contributed by atoms with Gasteiger partial charge in [0.2, 0.25) is 0 Å². The summed E-state index contributed by atoms with van der Waals surface area (Å²) in [5.74, 6) is 0.501. The summed E-state index contributed by atoms with van der Waals surface area (Å²) in [6.45, 7) is 7.85. The fraction of sp³-hybridized carbons (Fsp3) is 0.643. The van der Waals surface area contributed by atoms with E-state index in [4.69, 9.17) is 0 Å². The lowest BCUT2D eigenvalue weighted by atomic mass is 9.91. The number of allylic oxidation sites excluding steroid dienone is 3. The molecule has 0 aromatic rings. The standard InChI is InChI=1S/C14H26N2O/c1-5-7-9-11-13(10-8-6-2)12(3)16-14(17)15-4/h5-7,12-13H,2,8-11H2,1,3-4H3,(H2,15,16,17)/b7-5-. The molecule has 0 bridgehead atoms. The molecular formula is C14H26N2O. The Balaban J connectivity index is 4.21. The van der Waals surface area contributed by atoms with Gasteiger partial charge in [-0.1, -0.05) is 18.2 Å². The predicted octanol–water partition coefficient (Wildman–Crippen LogP) is 3.24. The summed E-state index contributed by atoms with van der Waals surface area (Å²) in [6, 6.07) is 0.0901. The number of rotatable bonds is 8. The van der Waals surface area contributed by atoms with Crippen molar-refractivity contribution >= 4 is 6.03 Å². The van der Waals surface area contributed by atoms with Gasteiger partial charge in [-0.2, -0.15) is 0 Å². The highest BCUT2D eigenvalue weighted by Crippen LogP contribution is 2.18. The van der Waals surface area contributed by atoms with Crippen LogP contribution in [0.25, 0.3) is 0 Å². The van der Waals surface area contributed by atoms with E-state index in [-0.39, 0.29) is 12.1 Å². The zero-order chi connectivity index (χ0) is 13.1. The number of carbonyl (C=O) groups is 1. The van der Waals surface area contributed by atoms with Gasteiger partial charge >= 0.3 is 6.03 Å². The molecule has 0 radical (unpaired) electrons. The summed E-state index contributed by atoms with van der Waals surface area (Å²) >= 11 is 0. The van der Waals surface area contributed by atoms with Crippen LogP contribution >= 0.6 is 0 Å². The third kappa shape index (κ3) is 7.61. The van der Waals surface area contributed by atoms with Gasteiger partial charge in [0.05, 0.1) is 0 Å². The number of hydrogen-bond donors (Lipinski definition) is 2. The molecule has 17 heavy (non-hydrogen) atoms. The van der Waals surface area contributed by atoms with Crippen LogP contribution in [0.2, 0.25) is 0 Å². The van der Waals surface area contributed by atoms with Crippen molar-refractivity contribution < 1.29 is 4.79 Å². The third-order valence-electron chi connectivity index (χ3n) is 2.97. The third-order valence-corrected chi connectivity index (χ3v) is 2.97. The zero-order valence-corrected chi connectivity index (χ0v) is 11.3. The largest absolute Gasteiger partial charge is 0.341 e. The van der Waals surface area contributed by atoms with Crippen molar-refractivity contribution in [3.8, 4) is 0 Å². The number of nitrogens with one attached hydrogen (secondary N) is 2. The second-order valence-electron chi connectivity index (χ2n) is 4.28. The van der Waals surface area contributed by atoms with E-state index in [0.29, 0.717) is 5.92 Å². The molecule has 3 nitrogen and oxygen atoms in total. The van der Waals surface area contributed by atoms with Crippen molar-refractivity contribution in [2.45, 2.75) is 45.6 Å². The van der Waals surface area contributed by atoms with Gasteiger partial charge in [0.1, 0.15) is 0 Å². The second kappa shape index (κ2) is 9.94. The predicted molar refractivity (Wildman–Crippen MR) is 74.0 cm³/mol. The number of hydrogen-bond acceptors (Lipinski definition) is 1. The quantitative estimate of drug-likeness (QED) is 0.626. The van der Waals surface area contributed by atoms with E-state index in [1.165, 1.54) is 0 Å². The fourth-order valence-corrected chi connectivity index (χ4v) is 1.85. The number of carbonyl (C=O) groups excluding carboxylic acids is 1. The summed E-state index contributed by atoms with van der Waals surface area (Å²) in [6.07, 6.45) is 10.4. The highest BCUT2D eigenvalue weighted by Gasteiger charge is 2.17. The minimum Gasteiger partial charge on any atom is -0.341 e. The van der Waals surface area contributed by atoms with E-state index < -0.39 is 0 Å². The summed E-state index contributed by atoms with van der Waals surface area (Å²) in [7, 11) is 1.64. The molecule has 2 atom stereocenters. The number of urea groups is 1. The number of amides is 2. The molecule has 0 aliphatic heterocycles. The Morgan fingerprint density at radius 2 is 2.00 bits per heavy atom. The molecule has 0 aromatic heterocycles. The Morgan fingerprint density at radius 3 is 2.53 bits per heavy atom. The normalized spacial score (nSPS) is 14.3. The van der Waals surface area contributed by atoms with Gasteiger partial charge in [-0.25, -0.2) is 4.79 Å². The Bertz CT molecular complexity index is 249. The van der Waals surface area contributed by atoms with Gasteiger partial charge in [0, 0.05) is 13.1 Å². The van der Waals surface area contributed by atoms with Gasteiger partial charge in [-0.3, -0.25) is 0 Å². The van der Waals surface area contributed by atoms with Crippen molar-refractivity contribution in [1.29, 1.82) is 0 Å². The first-order chi connectivity index (χ1) is 8.15. The molecule has 3 heteroatoms. The van der Waals surface area contributed by atoms with Gasteiger partial charge < -0.3 is 10.6 Å². The summed E-state index contributed by atoms with van der Waals surface area (Å²) in [5, 5.41) is 5.55. The van der Waals surface area contributed by atoms with Crippen LogP contribution in [0.1, 0.15) is 39.5 Å². The van der Waals surface area contributed by atoms with E-state index in [0.717, 1.165) is 25.7 Å². The van der Waals surface area contributed by atoms with Crippen LogP contribution in [0.4, 0.5) is 4.79 Å². The smallest absolute Gasteiger partial charge is 0.314 e. The van der Waals surface area contributed by atoms with E-state index in [2.05, 4.69) is 36.3 Å². The molecule has 0 heterocycles. The van der Waals surface area contributed by atoms with Gasteiger partial charge in [0.15, 0.2) is 0 Å². The average molecular weight is 238 g/mol. The van der Waals surface area contributed by atoms with Crippen molar-refractivity contribution in [2.75, 3.05) is 7.05 Å². The van der Waals surface area contributed by atoms with Crippen molar-refractivity contribution in [3.63, 3.8) is 0 Å². The van der Waals surface area contributed by atoms with Gasteiger partial charge in [-0.05, 0) is 45.4 Å². The topological polar surface area (TPSA) is 41.1 Å². The molecule has 98 valence electrons. The monoisotopic (exact) mass is 238 g/mol. The van der Waals surface area contributed by atoms with Crippen molar-refractivity contribution in [1.82, 2.24) is 10.6 Å². The first-order valence-electron chi connectivity index (χ1n) is 6.36. The highest BCUT2D eigenvalue weighted by atomic mass is 16.2. The lowest BCUT2D eigenvalue weighted by molar-refractivity contribution is 0.232. The molecule has 0 rings (SSSR count). The van der Waals surface area contributed by atoms with E-state index in [1.807, 2.05) is 13.0 Å². The average Bonchev–Trinajstić information content (AvgIpc) is 2.33. The van der Waals surface area contributed by atoms with Crippen molar-refractivity contribution in [2.24, 2.45) is 5.92 Å². The molecule has 0 spiro atoms. The maximum atomic E-state index is 11.3. The van der Waals surface area contributed by atoms with E-state index in [9.17, 15) is 4.79 Å². The molecule has 0 fully saturated rings. The summed E-state index contributed by atoms with van der Waals surface area (Å²) in [4.78, 5) is 11.3. The molecule has 0 saturated carbocycles.